The highest BCUT2D eigenvalue weighted by Crippen LogP contribution is 2.65. The summed E-state index contributed by atoms with van der Waals surface area (Å²) in [5, 5.41) is 12.1. The van der Waals surface area contributed by atoms with Crippen LogP contribution in [0.25, 0.3) is 22.2 Å². The topological polar surface area (TPSA) is 73.5 Å². The molecule has 37 heavy (non-hydrogen) atoms. The Kier molecular flexibility index (Phi) is 4.88. The molecule has 188 valence electrons. The number of aromatic amines is 1. The van der Waals surface area contributed by atoms with Gasteiger partial charge in [-0.05, 0) is 73.5 Å². The number of carbonyl (C=O) groups is 1. The third-order valence-corrected chi connectivity index (χ3v) is 8.63. The van der Waals surface area contributed by atoms with E-state index < -0.39 is 5.41 Å². The van der Waals surface area contributed by atoms with Crippen LogP contribution in [-0.2, 0) is 10.2 Å². The fraction of sp³-hybridized carbons (Fsp3) is 0.333. The van der Waals surface area contributed by atoms with Gasteiger partial charge in [-0.3, -0.25) is 9.89 Å². The van der Waals surface area contributed by atoms with E-state index in [1.807, 2.05) is 18.2 Å². The number of H-pyrrole nitrogens is 1. The average Bonchev–Trinajstić information content (AvgIpc) is 3.43. The van der Waals surface area contributed by atoms with Gasteiger partial charge in [0.15, 0.2) is 0 Å². The fourth-order valence-electron chi connectivity index (χ4n) is 6.38. The molecular formula is C30H31N5O2. The molecule has 2 N–H and O–H groups in total. The lowest BCUT2D eigenvalue weighted by Gasteiger charge is -2.35. The first kappa shape index (κ1) is 22.4. The summed E-state index contributed by atoms with van der Waals surface area (Å²) in [6, 6.07) is 19.0. The summed E-state index contributed by atoms with van der Waals surface area (Å²) in [6.07, 6.45) is 0.804. The van der Waals surface area contributed by atoms with E-state index in [0.717, 1.165) is 77.3 Å². The minimum absolute atomic E-state index is 0.0852. The highest BCUT2D eigenvalue weighted by atomic mass is 16.5. The molecule has 7 nitrogen and oxygen atoms in total. The van der Waals surface area contributed by atoms with Gasteiger partial charge >= 0.3 is 0 Å². The first-order valence-corrected chi connectivity index (χ1v) is 13.0. The molecule has 1 amide bonds. The summed E-state index contributed by atoms with van der Waals surface area (Å²) >= 11 is 0. The van der Waals surface area contributed by atoms with Crippen molar-refractivity contribution in [2.45, 2.75) is 24.7 Å². The Morgan fingerprint density at radius 3 is 2.65 bits per heavy atom. The molecule has 3 aliphatic rings. The predicted octanol–water partition coefficient (Wildman–Crippen LogP) is 4.68. The van der Waals surface area contributed by atoms with E-state index in [1.165, 1.54) is 11.3 Å². The first-order valence-electron chi connectivity index (χ1n) is 13.0. The SMILES string of the molecule is COc1ccc2c(c1)C1(CC1c1ccc3c(-c4ccc(N5CCN(C)CC5)c(C)c4)n[nH]c3c1)C(=O)N2. The number of piperazine rings is 1. The van der Waals surface area contributed by atoms with Crippen molar-refractivity contribution in [2.75, 3.05) is 50.6 Å². The number of likely N-dealkylation sites (N-methyl/N-ethyl adjacent to an activating group) is 1. The van der Waals surface area contributed by atoms with Crippen molar-refractivity contribution in [2.24, 2.45) is 0 Å². The van der Waals surface area contributed by atoms with Gasteiger partial charge in [-0.1, -0.05) is 18.2 Å². The van der Waals surface area contributed by atoms with Crippen LogP contribution in [0, 0.1) is 6.92 Å². The monoisotopic (exact) mass is 493 g/mol. The number of nitrogens with zero attached hydrogens (tertiary/aromatic N) is 3. The number of hydrogen-bond acceptors (Lipinski definition) is 5. The summed E-state index contributed by atoms with van der Waals surface area (Å²) in [6.45, 7) is 6.49. The Bertz CT molecular complexity index is 1550. The smallest absolute Gasteiger partial charge is 0.235 e. The third-order valence-electron chi connectivity index (χ3n) is 8.63. The van der Waals surface area contributed by atoms with Crippen LogP contribution in [0.4, 0.5) is 11.4 Å². The standard InChI is InChI=1S/C30H31N5O2/c1-18-14-20(5-9-27(18)35-12-10-34(2)11-13-35)28-22-7-4-19(15-26(22)32-33-28)24-17-30(24)23-16-21(37-3)6-8-25(23)31-29(30)36/h4-9,14-16,24H,10-13,17H2,1-3H3,(H,31,36)(H,32,33). The van der Waals surface area contributed by atoms with E-state index in [2.05, 4.69) is 70.6 Å². The van der Waals surface area contributed by atoms with E-state index in [9.17, 15) is 4.79 Å². The molecule has 0 radical (unpaired) electrons. The lowest BCUT2D eigenvalue weighted by molar-refractivity contribution is -0.118. The summed E-state index contributed by atoms with van der Waals surface area (Å²) in [7, 11) is 3.84. The van der Waals surface area contributed by atoms with Crippen molar-refractivity contribution in [3.63, 3.8) is 0 Å². The molecule has 1 spiro atoms. The fourth-order valence-corrected chi connectivity index (χ4v) is 6.38. The van der Waals surface area contributed by atoms with Crippen LogP contribution in [0.15, 0.2) is 54.6 Å². The Hall–Kier alpha value is -3.84. The Labute approximate surface area is 216 Å². The number of aromatic nitrogens is 2. The van der Waals surface area contributed by atoms with E-state index in [4.69, 9.17) is 9.84 Å². The number of rotatable bonds is 4. The molecule has 2 aliphatic heterocycles. The highest BCUT2D eigenvalue weighted by molar-refractivity contribution is 6.10. The quantitative estimate of drug-likeness (QED) is 0.432. The molecule has 3 heterocycles. The summed E-state index contributed by atoms with van der Waals surface area (Å²) in [4.78, 5) is 17.9. The minimum atomic E-state index is -0.503. The summed E-state index contributed by atoms with van der Waals surface area (Å²) in [5.74, 6) is 1.01. The van der Waals surface area contributed by atoms with E-state index in [1.54, 1.807) is 7.11 Å². The zero-order chi connectivity index (χ0) is 25.3. The van der Waals surface area contributed by atoms with Crippen LogP contribution < -0.4 is 15.0 Å². The molecular weight excluding hydrogens is 462 g/mol. The number of methoxy groups -OCH3 is 1. The van der Waals surface area contributed by atoms with Crippen LogP contribution in [0.5, 0.6) is 5.75 Å². The number of amides is 1. The second-order valence-electron chi connectivity index (χ2n) is 10.8. The zero-order valence-electron chi connectivity index (χ0n) is 21.5. The van der Waals surface area contributed by atoms with Crippen LogP contribution in [0.2, 0.25) is 0 Å². The molecule has 7 rings (SSSR count). The van der Waals surface area contributed by atoms with Gasteiger partial charge in [0.1, 0.15) is 5.75 Å². The van der Waals surface area contributed by atoms with Crippen molar-refractivity contribution in [1.82, 2.24) is 15.1 Å². The predicted molar refractivity (Wildman–Crippen MR) is 147 cm³/mol. The van der Waals surface area contributed by atoms with E-state index >= 15 is 0 Å². The molecule has 3 aromatic carbocycles. The maximum atomic E-state index is 13.1. The van der Waals surface area contributed by atoms with Crippen LogP contribution in [0.3, 0.4) is 0 Å². The van der Waals surface area contributed by atoms with Gasteiger partial charge in [0.05, 0.1) is 23.7 Å². The van der Waals surface area contributed by atoms with E-state index in [0.29, 0.717) is 0 Å². The van der Waals surface area contributed by atoms with Gasteiger partial charge in [-0.15, -0.1) is 0 Å². The molecule has 0 bridgehead atoms. The van der Waals surface area contributed by atoms with Gasteiger partial charge in [-0.2, -0.15) is 5.10 Å². The maximum Gasteiger partial charge on any atom is 0.235 e. The van der Waals surface area contributed by atoms with Crippen molar-refractivity contribution in [1.29, 1.82) is 0 Å². The molecule has 2 fully saturated rings. The van der Waals surface area contributed by atoms with Gasteiger partial charge in [0.2, 0.25) is 5.91 Å². The van der Waals surface area contributed by atoms with Crippen LogP contribution >= 0.6 is 0 Å². The molecule has 1 aromatic heterocycles. The molecule has 2 atom stereocenters. The normalized spacial score (nSPS) is 22.9. The molecule has 1 aliphatic carbocycles. The average molecular weight is 494 g/mol. The van der Waals surface area contributed by atoms with Crippen LogP contribution in [0.1, 0.15) is 29.0 Å². The van der Waals surface area contributed by atoms with E-state index in [-0.39, 0.29) is 11.8 Å². The van der Waals surface area contributed by atoms with Crippen molar-refractivity contribution >= 4 is 28.2 Å². The highest BCUT2D eigenvalue weighted by Gasteiger charge is 2.65. The van der Waals surface area contributed by atoms with Gasteiger partial charge in [0, 0.05) is 54.4 Å². The van der Waals surface area contributed by atoms with Gasteiger partial charge in [-0.25, -0.2) is 0 Å². The van der Waals surface area contributed by atoms with Gasteiger partial charge < -0.3 is 19.9 Å². The Morgan fingerprint density at radius 2 is 1.86 bits per heavy atom. The zero-order valence-corrected chi connectivity index (χ0v) is 21.5. The van der Waals surface area contributed by atoms with Gasteiger partial charge in [0.25, 0.3) is 0 Å². The summed E-state index contributed by atoms with van der Waals surface area (Å²) < 4.78 is 5.44. The number of hydrogen-bond donors (Lipinski definition) is 2. The molecule has 1 saturated carbocycles. The molecule has 4 aromatic rings. The second-order valence-corrected chi connectivity index (χ2v) is 10.8. The third kappa shape index (κ3) is 3.37. The Morgan fingerprint density at radius 1 is 1.03 bits per heavy atom. The first-order chi connectivity index (χ1) is 18.0. The number of ether oxygens (including phenoxy) is 1. The number of benzene rings is 3. The maximum absolute atomic E-state index is 13.1. The number of fused-ring (bicyclic) bond motifs is 3. The van der Waals surface area contributed by atoms with Crippen LogP contribution in [-0.4, -0.2) is 61.3 Å². The second kappa shape index (κ2) is 8.08. The number of carbonyl (C=O) groups excluding carboxylic acids is 1. The number of anilines is 2. The molecule has 2 unspecified atom stereocenters. The minimum Gasteiger partial charge on any atom is -0.497 e. The lowest BCUT2D eigenvalue weighted by atomic mass is 9.91. The number of nitrogens with one attached hydrogen (secondary N) is 2. The molecule has 1 saturated heterocycles. The van der Waals surface area contributed by atoms with Crippen molar-refractivity contribution in [3.8, 4) is 17.0 Å². The van der Waals surface area contributed by atoms with Crippen molar-refractivity contribution < 1.29 is 9.53 Å². The molecule has 7 heteroatoms. The largest absolute Gasteiger partial charge is 0.497 e. The number of aryl methyl sites for hydroxylation is 1. The van der Waals surface area contributed by atoms with Crippen molar-refractivity contribution in [3.05, 3.63) is 71.3 Å². The summed E-state index contributed by atoms with van der Waals surface area (Å²) in [5.41, 5.74) is 8.27. The lowest BCUT2D eigenvalue weighted by Crippen LogP contribution is -2.44. The Balaban J connectivity index is 1.18.